The van der Waals surface area contributed by atoms with Gasteiger partial charge in [-0.3, -0.25) is 30.6 Å². The number of aliphatic hydroxyl groups is 7. The normalized spacial score (nSPS) is 38.8. The van der Waals surface area contributed by atoms with Gasteiger partial charge in [0.15, 0.2) is 106 Å². The molecule has 0 spiro atoms. The third-order valence-electron chi connectivity index (χ3n) is 22.7. The molecule has 130 heavy (non-hydrogen) atoms. The third-order valence-corrected chi connectivity index (χ3v) is 22.7. The van der Waals surface area contributed by atoms with Crippen molar-refractivity contribution in [2.24, 2.45) is 17.8 Å². The van der Waals surface area contributed by atoms with Gasteiger partial charge < -0.3 is 173 Å². The molecule has 17 rings (SSSR count). The Morgan fingerprint density at radius 1 is 0.446 bits per heavy atom. The van der Waals surface area contributed by atoms with Gasteiger partial charge in [-0.1, -0.05) is 24.3 Å². The Morgan fingerprint density at radius 3 is 1.17 bits per heavy atom. The van der Waals surface area contributed by atoms with Gasteiger partial charge in [0.1, 0.15) is 121 Å². The predicted molar refractivity (Wildman–Crippen MR) is 457 cm³/mol. The van der Waals surface area contributed by atoms with E-state index in [9.17, 15) is 53.4 Å². The first kappa shape index (κ1) is 116. The molecule has 0 amide bonds. The summed E-state index contributed by atoms with van der Waals surface area (Å²) in [5.74, 6) is -4.82. The van der Waals surface area contributed by atoms with Crippen molar-refractivity contribution < 1.29 is 191 Å². The van der Waals surface area contributed by atoms with Crippen LogP contribution in [0.15, 0.2) is 68.3 Å². The molecule has 38 heteroatoms. The van der Waals surface area contributed by atoms with Crippen LogP contribution in [0.2, 0.25) is 0 Å². The fraction of sp³-hybridized carbons (Fsp3) is 0.772. The molecule has 6 aliphatic carbocycles. The molecule has 0 bridgehead atoms. The average Bonchev–Trinajstić information content (AvgIpc) is 1.59. The van der Waals surface area contributed by atoms with Crippen molar-refractivity contribution >= 4 is 75.6 Å². The Labute approximate surface area is 789 Å². The zero-order valence-corrected chi connectivity index (χ0v) is 82.2. The van der Waals surface area contributed by atoms with E-state index < -0.39 is 132 Å². The summed E-state index contributed by atoms with van der Waals surface area (Å²) in [7, 11) is 0. The second-order valence-electron chi connectivity index (χ2n) is 37.9. The van der Waals surface area contributed by atoms with E-state index >= 15 is 0 Å². The van der Waals surface area contributed by atoms with Crippen molar-refractivity contribution in [3.63, 3.8) is 0 Å². The number of fused-ring (bicyclic) bond motifs is 7. The Morgan fingerprint density at radius 2 is 0.800 bits per heavy atom. The molecule has 17 aliphatic rings. The maximum Gasteiger partial charge on any atom is 2.00 e. The van der Waals surface area contributed by atoms with Gasteiger partial charge in [0.25, 0.3) is 0 Å². The number of hydrogen-bond acceptors (Lipinski definition) is 36. The number of hydrogen-bond donors (Lipinski definition) is 7. The largest absolute Gasteiger partial charge is 2.00 e. The molecule has 7 N–H and O–H groups in total. The zero-order valence-electron chi connectivity index (χ0n) is 79.2. The summed E-state index contributed by atoms with van der Waals surface area (Å²) < 4.78 is 109. The molecule has 0 aromatic rings. The first-order valence-electron chi connectivity index (χ1n) is 43.6. The fourth-order valence-electron chi connectivity index (χ4n) is 17.8. The molecular formula is C92H141BrMgO36. The number of ketones is 8. The van der Waals surface area contributed by atoms with Crippen LogP contribution in [0.3, 0.4) is 0 Å². The van der Waals surface area contributed by atoms with Gasteiger partial charge in [-0.2, -0.15) is 0 Å². The fourth-order valence-corrected chi connectivity index (χ4v) is 17.8. The van der Waals surface area contributed by atoms with Crippen LogP contribution in [0.4, 0.5) is 0 Å². The monoisotopic (exact) mass is 1920 g/mol. The summed E-state index contributed by atoms with van der Waals surface area (Å²) in [6.45, 7) is 56.6. The molecule has 0 aromatic heterocycles. The predicted octanol–water partition coefficient (Wildman–Crippen LogP) is 2.98. The average molecular weight is 1930 g/mol. The van der Waals surface area contributed by atoms with Gasteiger partial charge in [0.05, 0.1) is 43.7 Å². The minimum absolute atomic E-state index is 0. The van der Waals surface area contributed by atoms with E-state index in [2.05, 4.69) is 43.7 Å². The number of allylic oxidation sites excluding steroid dienone is 1. The first-order chi connectivity index (χ1) is 59.2. The van der Waals surface area contributed by atoms with Gasteiger partial charge >= 0.3 is 23.1 Å². The summed E-state index contributed by atoms with van der Waals surface area (Å²) in [6, 6.07) is 0. The maximum absolute atomic E-state index is 11.9. The third kappa shape index (κ3) is 31.6. The zero-order chi connectivity index (χ0) is 96.4. The summed E-state index contributed by atoms with van der Waals surface area (Å²) in [5, 5.41) is 62.8. The molecular weight excluding hydrogens is 1790 g/mol. The molecule has 0 radical (unpaired) electrons. The van der Waals surface area contributed by atoms with E-state index in [-0.39, 0.29) is 184 Å². The van der Waals surface area contributed by atoms with E-state index in [0.29, 0.717) is 50.9 Å². The molecule has 5 saturated carbocycles. The Bertz CT molecular complexity index is 3780. The number of halogens is 1. The van der Waals surface area contributed by atoms with Gasteiger partial charge in [0, 0.05) is 43.9 Å². The minimum Gasteiger partial charge on any atom is -1.00 e. The number of carbonyl (C=O) groups is 9. The molecule has 0 aromatic carbocycles. The van der Waals surface area contributed by atoms with Crippen molar-refractivity contribution in [1.82, 2.24) is 0 Å². The Balaban J connectivity index is 0.000000256. The van der Waals surface area contributed by atoms with Crippen molar-refractivity contribution in [2.45, 2.75) is 422 Å². The summed E-state index contributed by atoms with van der Waals surface area (Å²) in [5.41, 5.74) is 1.24. The molecule has 11 aliphatic heterocycles. The van der Waals surface area contributed by atoms with Gasteiger partial charge in [-0.05, 0) is 208 Å². The number of aldehydes is 1. The van der Waals surface area contributed by atoms with Gasteiger partial charge in [-0.25, -0.2) is 0 Å². The summed E-state index contributed by atoms with van der Waals surface area (Å²) >= 11 is 0. The SMILES string of the molecule is C/C=C1\[C@@H](CC(C)=O)C[C@@H]2OC(C)(C)O[C@H]12.C=CC(O)[C@@H]1OC(C)(C)OC1C=C.C=C[C@H]1OC(C)(C)OC1C=O.CC(=O)C[C@H]1C[C@@H]2OC(C)(C)O[C@@H]2C1=O.CC(=O)C[C@H]1C[C@@H]2OC(C)(C)O[C@@H]2C1=O.CC1(C)OC2C=CC(=O)[C@@H]2O1.CC1(C)OC2[C@@H](CO)O[C@@H](O)[C@H]2O1.CC1(C)O[C@H]2CCC(=O)[C@H]2O1.CC1(C)O[C@H]2CCC(=O)[C@H]2O1.OC[C@H]1O[C@@H](O)[C@@H](O)C1O.[Br-].[CH-]=C.[Mg+2]. The number of aliphatic hydroxyl groups excluding tert-OH is 7. The van der Waals surface area contributed by atoms with E-state index in [4.69, 9.17) is 116 Å². The van der Waals surface area contributed by atoms with Gasteiger partial charge in [0.2, 0.25) is 0 Å². The van der Waals surface area contributed by atoms with Crippen molar-refractivity contribution in [1.29, 1.82) is 0 Å². The second-order valence-corrected chi connectivity index (χ2v) is 37.9. The summed E-state index contributed by atoms with van der Waals surface area (Å²) in [4.78, 5) is 101. The molecule has 16 fully saturated rings. The van der Waals surface area contributed by atoms with E-state index in [1.165, 1.54) is 31.6 Å². The van der Waals surface area contributed by atoms with E-state index in [1.807, 2.05) is 62.3 Å². The van der Waals surface area contributed by atoms with Crippen LogP contribution in [0.1, 0.15) is 217 Å². The topological polar surface area (TPSA) is 480 Å². The van der Waals surface area contributed by atoms with E-state index in [1.54, 1.807) is 94.4 Å². The number of ether oxygens (including phenoxy) is 20. The van der Waals surface area contributed by atoms with Gasteiger partial charge in [-0.15, -0.1) is 19.7 Å². The van der Waals surface area contributed by atoms with Crippen LogP contribution in [-0.2, 0) is 138 Å². The molecule has 11 heterocycles. The molecule has 11 saturated heterocycles. The second kappa shape index (κ2) is 47.8. The quantitative estimate of drug-likeness (QED) is 0.0603. The van der Waals surface area contributed by atoms with Crippen molar-refractivity contribution in [3.8, 4) is 0 Å². The van der Waals surface area contributed by atoms with Crippen LogP contribution in [0.5, 0.6) is 0 Å². The number of Topliss-reactive ketones (excluding diaryl/α,β-unsaturated/α-hetero) is 7. The standard InChI is InChI=1S/C13H20O3.2C11H16O4.C10H16O3.C8H14O5.2C8H12O3.C8H10O3.C8H12O3.C5H10O5.C2H3.BrH.Mg/c1-5-10-9(6-8(2)14)7-11-12(10)16-13(3,4)15-11;2*1-6(12)4-7-5-8-10(9(7)13)15-11(2,3)14-8;1-5-7(11)9-8(6-2)12-10(3,4)13-9;1-8(2)12-5-4(3-9)11-7(10)6(5)13-8;3*1-8(2)10-6-4-3-5(9)7(6)11-8;1-4-6-7(5-9)11-8(2,3)10-6;6-1-2-3(7)4(8)5(9)10-2;1-2;;/h5,9,11-12H,6-7H2,1-4H3;2*7-8,10H,4-5H2,1-3H3;5-9,11H,1-2H2,3-4H3;4-7,9-10H,3H2,1-2H3;2*6-7H,3-4H2,1-2H3;3-4,6-7H,1-2H3;4-7H,1H2,2-3H3;2-9H,1H2;1H,2H2;1H;/q;;;;;;;;;;-1;;+2/p-1/b10-5+;;;;;;;;;;;;/t9-,11-,12+;2*7-,8-,10-;7?,8?,9-;4-,5?,6+,7-;2*6-,7+;6?,7-;6-,7?;2-,3?,4+,5-;;;/m0000100011.../s1. The molecule has 28 atom stereocenters. The van der Waals surface area contributed by atoms with Crippen LogP contribution in [0, 0.1) is 24.3 Å². The van der Waals surface area contributed by atoms with E-state index in [0.717, 1.165) is 25.5 Å². The molecule has 36 nitrogen and oxygen atoms in total. The molecule has 734 valence electrons. The number of rotatable bonds is 13. The summed E-state index contributed by atoms with van der Waals surface area (Å²) in [6.07, 6.45) is 5.68. The van der Waals surface area contributed by atoms with Crippen LogP contribution >= 0.6 is 0 Å². The molecule has 6 unspecified atom stereocenters. The minimum atomic E-state index is -1.38. The smallest absolute Gasteiger partial charge is 1.00 e. The van der Waals surface area contributed by atoms with Crippen LogP contribution < -0.4 is 17.0 Å². The Kier molecular flexibility index (Phi) is 42.7. The van der Waals surface area contributed by atoms with Crippen LogP contribution in [-0.4, -0.2) is 330 Å². The van der Waals surface area contributed by atoms with Crippen molar-refractivity contribution in [3.05, 3.63) is 74.9 Å². The maximum atomic E-state index is 11.9. The number of carbonyl (C=O) groups excluding carboxylic acids is 9. The van der Waals surface area contributed by atoms with Crippen LogP contribution in [0.25, 0.3) is 0 Å². The Hall–Kier alpha value is -4.36. The first-order valence-corrected chi connectivity index (χ1v) is 43.6. The van der Waals surface area contributed by atoms with Crippen molar-refractivity contribution in [2.75, 3.05) is 13.2 Å².